The fourth-order valence-electron chi connectivity index (χ4n) is 4.91. The lowest BCUT2D eigenvalue weighted by molar-refractivity contribution is -0.111. The summed E-state index contributed by atoms with van der Waals surface area (Å²) in [5.74, 6) is -0.439. The van der Waals surface area contributed by atoms with Gasteiger partial charge in [-0.15, -0.1) is 0 Å². The van der Waals surface area contributed by atoms with Gasteiger partial charge in [0.05, 0.1) is 11.3 Å². The van der Waals surface area contributed by atoms with Crippen molar-refractivity contribution in [2.24, 2.45) is 0 Å². The molecule has 2 aliphatic heterocycles. The largest absolute Gasteiger partial charge is 0.357 e. The van der Waals surface area contributed by atoms with E-state index in [9.17, 15) is 14.0 Å². The number of fused-ring (bicyclic) bond motifs is 2. The molecule has 1 spiro atoms. The molecule has 2 amide bonds. The van der Waals surface area contributed by atoms with E-state index in [2.05, 4.69) is 32.5 Å². The number of carbonyl (C=O) groups is 2. The predicted octanol–water partition coefficient (Wildman–Crippen LogP) is 3.70. The van der Waals surface area contributed by atoms with Crippen LogP contribution in [0.3, 0.4) is 0 Å². The van der Waals surface area contributed by atoms with Crippen molar-refractivity contribution in [2.45, 2.75) is 24.9 Å². The number of nitrogens with zero attached hydrogens (tertiary/aromatic N) is 1. The minimum atomic E-state index is -0.668. The van der Waals surface area contributed by atoms with Crippen LogP contribution in [0.25, 0.3) is 22.5 Å². The highest BCUT2D eigenvalue weighted by molar-refractivity contribution is 6.00. The molecule has 1 unspecified atom stereocenters. The average molecular weight is 460 g/mol. The maximum atomic E-state index is 13.5. The summed E-state index contributed by atoms with van der Waals surface area (Å²) in [5, 5.41) is 9.20. The van der Waals surface area contributed by atoms with Crippen molar-refractivity contribution in [3.05, 3.63) is 72.1 Å². The number of amides is 2. The molecule has 3 aromatic rings. The number of alkyl halides is 1. The van der Waals surface area contributed by atoms with Crippen LogP contribution in [0.2, 0.25) is 0 Å². The van der Waals surface area contributed by atoms with Crippen molar-refractivity contribution in [2.75, 3.05) is 25.0 Å². The maximum absolute atomic E-state index is 13.5. The summed E-state index contributed by atoms with van der Waals surface area (Å²) < 4.78 is 13.5. The molecule has 0 aliphatic carbocycles. The molecule has 2 aromatic heterocycles. The van der Waals surface area contributed by atoms with Crippen LogP contribution in [-0.2, 0) is 16.9 Å². The molecule has 1 fully saturated rings. The first-order chi connectivity index (χ1) is 16.5. The molecule has 7 nitrogen and oxygen atoms in total. The van der Waals surface area contributed by atoms with Crippen LogP contribution < -0.4 is 16.0 Å². The van der Waals surface area contributed by atoms with Crippen LogP contribution in [0.15, 0.2) is 55.3 Å². The Morgan fingerprint density at radius 3 is 2.85 bits per heavy atom. The van der Waals surface area contributed by atoms with E-state index in [1.807, 2.05) is 18.2 Å². The normalized spacial score (nSPS) is 19.4. The number of hydrogen-bond acceptors (Lipinski definition) is 4. The summed E-state index contributed by atoms with van der Waals surface area (Å²) in [5.41, 5.74) is 5.44. The Morgan fingerprint density at radius 2 is 2.09 bits per heavy atom. The Hall–Kier alpha value is -3.78. The van der Waals surface area contributed by atoms with Gasteiger partial charge >= 0.3 is 0 Å². The molecule has 1 atom stereocenters. The van der Waals surface area contributed by atoms with Gasteiger partial charge < -0.3 is 20.9 Å². The lowest BCUT2D eigenvalue weighted by Crippen LogP contribution is -2.54. The Labute approximate surface area is 196 Å². The second-order valence-corrected chi connectivity index (χ2v) is 8.89. The molecule has 5 rings (SSSR count). The smallest absolute Gasteiger partial charge is 0.253 e. The first-order valence-corrected chi connectivity index (χ1v) is 11.3. The Kier molecular flexibility index (Phi) is 5.75. The summed E-state index contributed by atoms with van der Waals surface area (Å²) >= 11 is 0. The second-order valence-electron chi connectivity index (χ2n) is 8.89. The van der Waals surface area contributed by atoms with E-state index >= 15 is 0 Å². The summed E-state index contributed by atoms with van der Waals surface area (Å²) in [4.78, 5) is 32.4. The first kappa shape index (κ1) is 22.0. The van der Waals surface area contributed by atoms with Gasteiger partial charge in [0.25, 0.3) is 5.91 Å². The van der Waals surface area contributed by atoms with Crippen molar-refractivity contribution in [3.8, 4) is 22.5 Å². The van der Waals surface area contributed by atoms with Crippen LogP contribution >= 0.6 is 0 Å². The molecule has 4 N–H and O–H groups in total. The van der Waals surface area contributed by atoms with Crippen LogP contribution in [0, 0.1) is 0 Å². The number of H-pyrrole nitrogens is 1. The number of nitrogens with one attached hydrogen (secondary N) is 4. The van der Waals surface area contributed by atoms with Gasteiger partial charge in [-0.3, -0.25) is 14.6 Å². The number of hydrogen-bond donors (Lipinski definition) is 4. The number of halogens is 1. The lowest BCUT2D eigenvalue weighted by Gasteiger charge is -2.40. The number of rotatable bonds is 5. The zero-order valence-electron chi connectivity index (χ0n) is 18.7. The van der Waals surface area contributed by atoms with Crippen molar-refractivity contribution in [1.82, 2.24) is 20.6 Å². The molecule has 1 aromatic carbocycles. The number of benzene rings is 1. The number of carbonyl (C=O) groups excluding carboxylic acids is 2. The van der Waals surface area contributed by atoms with Crippen molar-refractivity contribution in [3.63, 3.8) is 0 Å². The molecule has 0 saturated carbocycles. The zero-order chi connectivity index (χ0) is 23.7. The SMILES string of the molecule is C=CC(=O)Nc1cc(CF)cc(-c2cc(-c3cc4c([nH]3)C3(CCCNC3)CNC4=O)ccn2)c1. The Bertz CT molecular complexity index is 1280. The molecule has 174 valence electrons. The third-order valence-corrected chi connectivity index (χ3v) is 6.62. The standard InChI is InChI=1S/C26H26FN5O2/c1-2-23(33)31-19-9-16(13-27)8-18(10-19)21-11-17(4-7-29-21)22-12-20-24(32-22)26(15-30-25(20)34)5-3-6-28-14-26/h2,4,7-12,28,32H,1,3,5-6,13-15H2,(H,30,34)(H,31,33). The van der Waals surface area contributed by atoms with Gasteiger partial charge in [0.15, 0.2) is 0 Å². The third-order valence-electron chi connectivity index (χ3n) is 6.62. The number of aromatic amines is 1. The van der Waals surface area contributed by atoms with Crippen molar-refractivity contribution >= 4 is 17.5 Å². The topological polar surface area (TPSA) is 98.9 Å². The highest BCUT2D eigenvalue weighted by Gasteiger charge is 2.42. The van der Waals surface area contributed by atoms with Crippen LogP contribution in [-0.4, -0.2) is 41.4 Å². The van der Waals surface area contributed by atoms with Gasteiger partial charge in [-0.2, -0.15) is 0 Å². The highest BCUT2D eigenvalue weighted by atomic mass is 19.1. The van der Waals surface area contributed by atoms with E-state index in [0.717, 1.165) is 42.9 Å². The second kappa shape index (κ2) is 8.87. The molecule has 1 saturated heterocycles. The highest BCUT2D eigenvalue weighted by Crippen LogP contribution is 2.38. The zero-order valence-corrected chi connectivity index (χ0v) is 18.7. The number of pyridine rings is 1. The molecule has 8 heteroatoms. The van der Waals surface area contributed by atoms with Crippen LogP contribution in [0.4, 0.5) is 10.1 Å². The summed E-state index contributed by atoms with van der Waals surface area (Å²) in [6.07, 6.45) is 4.91. The van der Waals surface area contributed by atoms with Gasteiger partial charge in [0, 0.05) is 52.9 Å². The Morgan fingerprint density at radius 1 is 1.21 bits per heavy atom. The minimum Gasteiger partial charge on any atom is -0.357 e. The fraction of sp³-hybridized carbons (Fsp3) is 0.269. The predicted molar refractivity (Wildman–Crippen MR) is 129 cm³/mol. The first-order valence-electron chi connectivity index (χ1n) is 11.3. The molecular weight excluding hydrogens is 433 g/mol. The van der Waals surface area contributed by atoms with Crippen molar-refractivity contribution < 1.29 is 14.0 Å². The fourth-order valence-corrected chi connectivity index (χ4v) is 4.91. The van der Waals surface area contributed by atoms with Gasteiger partial charge in [0.1, 0.15) is 6.67 Å². The number of aromatic nitrogens is 2. The number of anilines is 1. The van der Waals surface area contributed by atoms with Gasteiger partial charge in [-0.1, -0.05) is 6.58 Å². The van der Waals surface area contributed by atoms with Gasteiger partial charge in [0.2, 0.25) is 5.91 Å². The van der Waals surface area contributed by atoms with E-state index in [4.69, 9.17) is 0 Å². The summed E-state index contributed by atoms with van der Waals surface area (Å²) in [7, 11) is 0. The third kappa shape index (κ3) is 4.01. The molecule has 2 aliphatic rings. The van der Waals surface area contributed by atoms with E-state index in [0.29, 0.717) is 34.6 Å². The summed E-state index contributed by atoms with van der Waals surface area (Å²) in [6.45, 7) is 5.20. The van der Waals surface area contributed by atoms with Gasteiger partial charge in [-0.05, 0) is 67.4 Å². The lowest BCUT2D eigenvalue weighted by atomic mass is 9.74. The van der Waals surface area contributed by atoms with Crippen LogP contribution in [0.1, 0.15) is 34.5 Å². The average Bonchev–Trinajstić information content (AvgIpc) is 3.34. The van der Waals surface area contributed by atoms with Crippen LogP contribution in [0.5, 0.6) is 0 Å². The Balaban J connectivity index is 1.53. The van der Waals surface area contributed by atoms with E-state index in [1.165, 1.54) is 6.08 Å². The molecular formula is C26H26FN5O2. The number of piperidine rings is 1. The van der Waals surface area contributed by atoms with Gasteiger partial charge in [-0.25, -0.2) is 4.39 Å². The molecule has 0 radical (unpaired) electrons. The molecule has 0 bridgehead atoms. The van der Waals surface area contributed by atoms with E-state index < -0.39 is 6.67 Å². The summed E-state index contributed by atoms with van der Waals surface area (Å²) in [6, 6.07) is 10.7. The maximum Gasteiger partial charge on any atom is 0.253 e. The van der Waals surface area contributed by atoms with E-state index in [-0.39, 0.29) is 17.2 Å². The van der Waals surface area contributed by atoms with Crippen molar-refractivity contribution in [1.29, 1.82) is 0 Å². The quantitative estimate of drug-likeness (QED) is 0.437. The molecule has 4 heterocycles. The molecule has 34 heavy (non-hydrogen) atoms. The van der Waals surface area contributed by atoms with E-state index in [1.54, 1.807) is 24.4 Å². The minimum absolute atomic E-state index is 0.0683. The monoisotopic (exact) mass is 459 g/mol.